The Hall–Kier alpha value is -1.000. The zero-order chi connectivity index (χ0) is 12.6. The summed E-state index contributed by atoms with van der Waals surface area (Å²) < 4.78 is 14.7. The van der Waals surface area contributed by atoms with Crippen LogP contribution in [-0.4, -0.2) is 5.78 Å². The second kappa shape index (κ2) is 4.70. The minimum absolute atomic E-state index is 0.138. The van der Waals surface area contributed by atoms with Gasteiger partial charge in [-0.15, -0.1) is 11.3 Å². The minimum Gasteiger partial charge on any atom is -0.288 e. The van der Waals surface area contributed by atoms with E-state index in [2.05, 4.69) is 15.9 Å². The first kappa shape index (κ1) is 12.5. The number of carbonyl (C=O) groups is 1. The molecule has 0 bridgehead atoms. The first-order valence-corrected chi connectivity index (χ1v) is 6.67. The first-order valence-electron chi connectivity index (χ1n) is 5.06. The van der Waals surface area contributed by atoms with Gasteiger partial charge in [-0.05, 0) is 53.0 Å². The molecule has 0 spiro atoms. The van der Waals surface area contributed by atoms with E-state index >= 15 is 0 Å². The highest BCUT2D eigenvalue weighted by atomic mass is 79.9. The lowest BCUT2D eigenvalue weighted by atomic mass is 10.1. The topological polar surface area (TPSA) is 17.1 Å². The van der Waals surface area contributed by atoms with Gasteiger partial charge in [0.25, 0.3) is 0 Å². The number of thiophene rings is 1. The Bertz CT molecular complexity index is 570. The number of halogens is 2. The molecule has 0 N–H and O–H groups in total. The molecule has 2 rings (SSSR count). The minimum atomic E-state index is -0.431. The van der Waals surface area contributed by atoms with E-state index in [-0.39, 0.29) is 11.3 Å². The number of rotatable bonds is 2. The molecule has 0 fully saturated rings. The van der Waals surface area contributed by atoms with E-state index in [1.807, 2.05) is 6.92 Å². The largest absolute Gasteiger partial charge is 0.288 e. The van der Waals surface area contributed by atoms with E-state index in [0.29, 0.717) is 10.4 Å². The summed E-state index contributed by atoms with van der Waals surface area (Å²) in [5.41, 5.74) is 1.62. The summed E-state index contributed by atoms with van der Waals surface area (Å²) in [5, 5.41) is 0. The lowest BCUT2D eigenvalue weighted by Crippen LogP contribution is -2.03. The number of hydrogen-bond donors (Lipinski definition) is 0. The van der Waals surface area contributed by atoms with Gasteiger partial charge in [-0.25, -0.2) is 4.39 Å². The molecule has 0 atom stereocenters. The molecule has 1 heterocycles. The van der Waals surface area contributed by atoms with Crippen molar-refractivity contribution in [2.45, 2.75) is 13.8 Å². The standard InChI is InChI=1S/C13H10BrFOS/c1-7-4-3-5-9(11(7)15)12(16)10-6-8(2)13(14)17-10/h3-6H,1-2H3. The van der Waals surface area contributed by atoms with Gasteiger partial charge in [0.2, 0.25) is 5.78 Å². The Kier molecular flexibility index (Phi) is 3.45. The molecule has 0 saturated heterocycles. The van der Waals surface area contributed by atoms with Crippen LogP contribution in [0.4, 0.5) is 4.39 Å². The van der Waals surface area contributed by atoms with E-state index in [4.69, 9.17) is 0 Å². The van der Waals surface area contributed by atoms with Gasteiger partial charge in [-0.1, -0.05) is 12.1 Å². The molecule has 0 aliphatic heterocycles. The SMILES string of the molecule is Cc1cc(C(=O)c2cccc(C)c2F)sc1Br. The van der Waals surface area contributed by atoms with Crippen LogP contribution in [0, 0.1) is 19.7 Å². The summed E-state index contributed by atoms with van der Waals surface area (Å²) in [6.07, 6.45) is 0. The van der Waals surface area contributed by atoms with Crippen molar-refractivity contribution in [3.8, 4) is 0 Å². The Morgan fingerprint density at radius 3 is 2.59 bits per heavy atom. The highest BCUT2D eigenvalue weighted by Gasteiger charge is 2.17. The van der Waals surface area contributed by atoms with Gasteiger partial charge in [0.05, 0.1) is 14.2 Å². The van der Waals surface area contributed by atoms with Crippen LogP contribution in [0.15, 0.2) is 28.1 Å². The number of benzene rings is 1. The Labute approximate surface area is 111 Å². The van der Waals surface area contributed by atoms with Gasteiger partial charge in [-0.2, -0.15) is 0 Å². The molecule has 0 amide bonds. The van der Waals surface area contributed by atoms with Gasteiger partial charge in [0.15, 0.2) is 0 Å². The second-order valence-electron chi connectivity index (χ2n) is 3.83. The van der Waals surface area contributed by atoms with Crippen LogP contribution in [-0.2, 0) is 0 Å². The zero-order valence-corrected chi connectivity index (χ0v) is 11.8. The third kappa shape index (κ3) is 2.33. The van der Waals surface area contributed by atoms with Crippen molar-refractivity contribution in [3.05, 3.63) is 55.4 Å². The highest BCUT2D eigenvalue weighted by molar-refractivity contribution is 9.11. The maximum atomic E-state index is 13.8. The Morgan fingerprint density at radius 1 is 1.29 bits per heavy atom. The smallest absolute Gasteiger partial charge is 0.205 e. The fraction of sp³-hybridized carbons (Fsp3) is 0.154. The zero-order valence-electron chi connectivity index (χ0n) is 9.38. The fourth-order valence-electron chi connectivity index (χ4n) is 1.53. The molecule has 1 aromatic carbocycles. The number of hydrogen-bond acceptors (Lipinski definition) is 2. The Balaban J connectivity index is 2.47. The Morgan fingerprint density at radius 2 is 2.00 bits per heavy atom. The van der Waals surface area contributed by atoms with Crippen LogP contribution in [0.1, 0.15) is 26.4 Å². The molecule has 1 aromatic heterocycles. The molecule has 1 nitrogen and oxygen atoms in total. The molecule has 0 saturated carbocycles. The molecule has 88 valence electrons. The third-order valence-corrected chi connectivity index (χ3v) is 4.65. The third-order valence-electron chi connectivity index (χ3n) is 2.52. The molecule has 0 unspecified atom stereocenters. The molecule has 0 aliphatic rings. The number of carbonyl (C=O) groups excluding carboxylic acids is 1. The predicted octanol–water partition coefficient (Wildman–Crippen LogP) is 4.50. The van der Waals surface area contributed by atoms with Gasteiger partial charge in [-0.3, -0.25) is 4.79 Å². The van der Waals surface area contributed by atoms with Gasteiger partial charge >= 0.3 is 0 Å². The van der Waals surface area contributed by atoms with Gasteiger partial charge in [0, 0.05) is 0 Å². The van der Waals surface area contributed by atoms with E-state index < -0.39 is 5.82 Å². The van der Waals surface area contributed by atoms with Crippen LogP contribution in [0.2, 0.25) is 0 Å². The van der Waals surface area contributed by atoms with Crippen molar-refractivity contribution in [2.75, 3.05) is 0 Å². The molecule has 2 aromatic rings. The molecular formula is C13H10BrFOS. The van der Waals surface area contributed by atoms with Crippen molar-refractivity contribution in [2.24, 2.45) is 0 Å². The van der Waals surface area contributed by atoms with Crippen LogP contribution < -0.4 is 0 Å². The van der Waals surface area contributed by atoms with Crippen molar-refractivity contribution in [3.63, 3.8) is 0 Å². The molecular weight excluding hydrogens is 303 g/mol. The summed E-state index contributed by atoms with van der Waals surface area (Å²) in [4.78, 5) is 12.7. The van der Waals surface area contributed by atoms with Crippen molar-refractivity contribution in [1.29, 1.82) is 0 Å². The lowest BCUT2D eigenvalue weighted by molar-refractivity contribution is 0.103. The summed E-state index contributed by atoms with van der Waals surface area (Å²) in [5.74, 6) is -0.690. The number of ketones is 1. The van der Waals surface area contributed by atoms with E-state index in [1.165, 1.54) is 17.4 Å². The maximum Gasteiger partial charge on any atom is 0.205 e. The average molecular weight is 313 g/mol. The molecule has 0 aliphatic carbocycles. The van der Waals surface area contributed by atoms with E-state index in [0.717, 1.165) is 9.35 Å². The van der Waals surface area contributed by atoms with Crippen LogP contribution >= 0.6 is 27.3 Å². The summed E-state index contributed by atoms with van der Waals surface area (Å²) in [7, 11) is 0. The second-order valence-corrected chi connectivity index (χ2v) is 6.20. The lowest BCUT2D eigenvalue weighted by Gasteiger charge is -2.02. The van der Waals surface area contributed by atoms with E-state index in [9.17, 15) is 9.18 Å². The fourth-order valence-corrected chi connectivity index (χ4v) is 3.02. The van der Waals surface area contributed by atoms with Crippen LogP contribution in [0.5, 0.6) is 0 Å². The quantitative estimate of drug-likeness (QED) is 0.746. The number of aryl methyl sites for hydroxylation is 2. The summed E-state index contributed by atoms with van der Waals surface area (Å²) in [6, 6.07) is 6.65. The first-order chi connectivity index (χ1) is 8.00. The van der Waals surface area contributed by atoms with E-state index in [1.54, 1.807) is 25.1 Å². The summed E-state index contributed by atoms with van der Waals surface area (Å²) in [6.45, 7) is 3.56. The predicted molar refractivity (Wildman–Crippen MR) is 71.3 cm³/mol. The molecule has 4 heteroatoms. The maximum absolute atomic E-state index is 13.8. The van der Waals surface area contributed by atoms with Crippen LogP contribution in [0.25, 0.3) is 0 Å². The molecule has 0 radical (unpaired) electrons. The van der Waals surface area contributed by atoms with Crippen LogP contribution in [0.3, 0.4) is 0 Å². The van der Waals surface area contributed by atoms with Gasteiger partial charge < -0.3 is 0 Å². The van der Waals surface area contributed by atoms with Crippen molar-refractivity contribution >= 4 is 33.0 Å². The van der Waals surface area contributed by atoms with Crippen molar-refractivity contribution < 1.29 is 9.18 Å². The molecule has 17 heavy (non-hydrogen) atoms. The van der Waals surface area contributed by atoms with Crippen molar-refractivity contribution in [1.82, 2.24) is 0 Å². The summed E-state index contributed by atoms with van der Waals surface area (Å²) >= 11 is 4.69. The van der Waals surface area contributed by atoms with Gasteiger partial charge in [0.1, 0.15) is 5.82 Å². The normalized spacial score (nSPS) is 10.6. The highest BCUT2D eigenvalue weighted by Crippen LogP contribution is 2.29. The monoisotopic (exact) mass is 312 g/mol. The average Bonchev–Trinajstić information content (AvgIpc) is 2.62.